The van der Waals surface area contributed by atoms with Crippen LogP contribution in [-0.4, -0.2) is 11.0 Å². The number of hydrogen-bond donors (Lipinski definition) is 2. The van der Waals surface area contributed by atoms with E-state index in [-0.39, 0.29) is 11.8 Å². The van der Waals surface area contributed by atoms with Crippen LogP contribution in [0.25, 0.3) is 0 Å². The van der Waals surface area contributed by atoms with E-state index in [1.165, 1.54) is 0 Å². The van der Waals surface area contributed by atoms with E-state index >= 15 is 0 Å². The Morgan fingerprint density at radius 2 is 1.93 bits per heavy atom. The molecule has 1 aliphatic heterocycles. The number of hydrogen-bond acceptors (Lipinski definition) is 2. The maximum absolute atomic E-state index is 11.2. The summed E-state index contributed by atoms with van der Waals surface area (Å²) < 4.78 is 0.987. The van der Waals surface area contributed by atoms with Gasteiger partial charge in [0.25, 0.3) is 5.91 Å². The highest BCUT2D eigenvalue weighted by Gasteiger charge is 2.29. The highest BCUT2D eigenvalue weighted by molar-refractivity contribution is 9.10. The number of halogens is 1. The smallest absolute Gasteiger partial charge is 0.286 e. The van der Waals surface area contributed by atoms with Crippen molar-refractivity contribution in [1.82, 2.24) is 5.32 Å². The molecule has 1 unspecified atom stereocenters. The summed E-state index contributed by atoms with van der Waals surface area (Å²) in [5.74, 6) is -0.566. The number of carbonyl (C=O) groups is 1. The molecule has 2 rings (SSSR count). The van der Waals surface area contributed by atoms with Gasteiger partial charge in [0, 0.05) is 10.0 Å². The van der Waals surface area contributed by atoms with Gasteiger partial charge in [-0.05, 0) is 24.6 Å². The molecule has 0 aromatic heterocycles. The monoisotopic (exact) mass is 267 g/mol. The van der Waals surface area contributed by atoms with Gasteiger partial charge in [0.15, 0.2) is 5.76 Å². The van der Waals surface area contributed by atoms with Gasteiger partial charge in [0.1, 0.15) is 0 Å². The van der Waals surface area contributed by atoms with E-state index in [9.17, 15) is 9.90 Å². The minimum absolute atomic E-state index is 0.164. The Labute approximate surface area is 95.9 Å². The Hall–Kier alpha value is -1.29. The van der Waals surface area contributed by atoms with Crippen LogP contribution in [0, 0.1) is 0 Å². The summed E-state index contributed by atoms with van der Waals surface area (Å²) in [7, 11) is 0. The number of carbonyl (C=O) groups excluding carboxylic acids is 1. The van der Waals surface area contributed by atoms with Crippen molar-refractivity contribution in [2.45, 2.75) is 13.0 Å². The van der Waals surface area contributed by atoms with Crippen LogP contribution in [-0.2, 0) is 4.79 Å². The third kappa shape index (κ3) is 1.77. The lowest BCUT2D eigenvalue weighted by atomic mass is 10.0. The number of rotatable bonds is 1. The quantitative estimate of drug-likeness (QED) is 0.821. The summed E-state index contributed by atoms with van der Waals surface area (Å²) in [5.41, 5.74) is 1.63. The van der Waals surface area contributed by atoms with Gasteiger partial charge in [-0.1, -0.05) is 28.1 Å². The van der Waals surface area contributed by atoms with Gasteiger partial charge in [-0.2, -0.15) is 0 Å². The van der Waals surface area contributed by atoms with Crippen LogP contribution in [0.3, 0.4) is 0 Å². The van der Waals surface area contributed by atoms with Gasteiger partial charge in [-0.3, -0.25) is 4.79 Å². The summed E-state index contributed by atoms with van der Waals surface area (Å²) in [6.45, 7) is 1.75. The molecule has 0 bridgehead atoms. The highest BCUT2D eigenvalue weighted by atomic mass is 79.9. The molecule has 4 heteroatoms. The molecule has 1 heterocycles. The standard InChI is InChI=1S/C11H10BrNO2/c1-6-9(13-11(15)10(6)14)7-2-4-8(12)5-3-7/h2-5,9,14H,1H3,(H,13,15). The topological polar surface area (TPSA) is 49.3 Å². The van der Waals surface area contributed by atoms with Crippen LogP contribution < -0.4 is 5.32 Å². The van der Waals surface area contributed by atoms with Crippen LogP contribution >= 0.6 is 15.9 Å². The number of nitrogens with one attached hydrogen (secondary N) is 1. The molecule has 2 N–H and O–H groups in total. The third-order valence-electron chi connectivity index (χ3n) is 2.50. The minimum atomic E-state index is -0.402. The molecule has 1 atom stereocenters. The van der Waals surface area contributed by atoms with Crippen molar-refractivity contribution < 1.29 is 9.90 Å². The van der Waals surface area contributed by atoms with Crippen molar-refractivity contribution in [2.75, 3.05) is 0 Å². The molecule has 0 saturated carbocycles. The maximum atomic E-state index is 11.2. The van der Waals surface area contributed by atoms with Crippen molar-refractivity contribution in [1.29, 1.82) is 0 Å². The highest BCUT2D eigenvalue weighted by Crippen LogP contribution is 2.29. The van der Waals surface area contributed by atoms with Gasteiger partial charge in [-0.15, -0.1) is 0 Å². The Morgan fingerprint density at radius 1 is 1.33 bits per heavy atom. The lowest BCUT2D eigenvalue weighted by molar-refractivity contribution is -0.119. The Kier molecular flexibility index (Phi) is 2.52. The molecular formula is C11H10BrNO2. The fourth-order valence-corrected chi connectivity index (χ4v) is 1.88. The molecular weight excluding hydrogens is 258 g/mol. The first-order valence-electron chi connectivity index (χ1n) is 4.55. The molecule has 0 aliphatic carbocycles. The Bertz CT molecular complexity index is 436. The summed E-state index contributed by atoms with van der Waals surface area (Å²) in [5, 5.41) is 12.1. The molecule has 0 fully saturated rings. The Balaban J connectivity index is 2.35. The van der Waals surface area contributed by atoms with Gasteiger partial charge in [0.2, 0.25) is 0 Å². The Morgan fingerprint density at radius 3 is 2.40 bits per heavy atom. The lowest BCUT2D eigenvalue weighted by Crippen LogP contribution is -2.21. The fraction of sp³-hybridized carbons (Fsp3) is 0.182. The zero-order chi connectivity index (χ0) is 11.0. The van der Waals surface area contributed by atoms with Gasteiger partial charge in [0.05, 0.1) is 6.04 Å². The van der Waals surface area contributed by atoms with Crippen molar-refractivity contribution in [3.8, 4) is 0 Å². The van der Waals surface area contributed by atoms with E-state index in [0.29, 0.717) is 5.57 Å². The van der Waals surface area contributed by atoms with E-state index in [1.54, 1.807) is 6.92 Å². The average Bonchev–Trinajstić information content (AvgIpc) is 2.47. The fourth-order valence-electron chi connectivity index (χ4n) is 1.61. The second-order valence-corrected chi connectivity index (χ2v) is 4.41. The van der Waals surface area contributed by atoms with E-state index in [0.717, 1.165) is 10.0 Å². The summed E-state index contributed by atoms with van der Waals surface area (Å²) in [6, 6.07) is 7.44. The number of amides is 1. The van der Waals surface area contributed by atoms with Crippen LogP contribution in [0.4, 0.5) is 0 Å². The van der Waals surface area contributed by atoms with Crippen LogP contribution in [0.1, 0.15) is 18.5 Å². The molecule has 0 spiro atoms. The van der Waals surface area contributed by atoms with Crippen LogP contribution in [0.2, 0.25) is 0 Å². The van der Waals surface area contributed by atoms with Crippen LogP contribution in [0.5, 0.6) is 0 Å². The zero-order valence-electron chi connectivity index (χ0n) is 8.12. The van der Waals surface area contributed by atoms with E-state index in [2.05, 4.69) is 21.2 Å². The van der Waals surface area contributed by atoms with Crippen molar-refractivity contribution in [3.63, 3.8) is 0 Å². The molecule has 0 radical (unpaired) electrons. The molecule has 1 aliphatic rings. The molecule has 1 aromatic carbocycles. The number of benzene rings is 1. The normalized spacial score (nSPS) is 20.7. The minimum Gasteiger partial charge on any atom is -0.503 e. The maximum Gasteiger partial charge on any atom is 0.286 e. The average molecular weight is 268 g/mol. The predicted octanol–water partition coefficient (Wildman–Crippen LogP) is 2.45. The van der Waals surface area contributed by atoms with Crippen molar-refractivity contribution >= 4 is 21.8 Å². The van der Waals surface area contributed by atoms with E-state index in [4.69, 9.17) is 0 Å². The molecule has 3 nitrogen and oxygen atoms in total. The van der Waals surface area contributed by atoms with Gasteiger partial charge in [-0.25, -0.2) is 0 Å². The second kappa shape index (κ2) is 3.70. The summed E-state index contributed by atoms with van der Waals surface area (Å²) in [4.78, 5) is 11.2. The predicted molar refractivity (Wildman–Crippen MR) is 60.4 cm³/mol. The molecule has 15 heavy (non-hydrogen) atoms. The number of aliphatic hydroxyl groups is 1. The molecule has 1 aromatic rings. The lowest BCUT2D eigenvalue weighted by Gasteiger charge is -2.12. The molecule has 78 valence electrons. The van der Waals surface area contributed by atoms with Crippen molar-refractivity contribution in [2.24, 2.45) is 0 Å². The first kappa shape index (κ1) is 10.2. The van der Waals surface area contributed by atoms with Crippen LogP contribution in [0.15, 0.2) is 40.1 Å². The first-order valence-corrected chi connectivity index (χ1v) is 5.35. The van der Waals surface area contributed by atoms with Gasteiger partial charge >= 0.3 is 0 Å². The third-order valence-corrected chi connectivity index (χ3v) is 3.03. The largest absolute Gasteiger partial charge is 0.503 e. The van der Waals surface area contributed by atoms with Crippen molar-refractivity contribution in [3.05, 3.63) is 45.6 Å². The summed E-state index contributed by atoms with van der Waals surface area (Å²) >= 11 is 3.34. The zero-order valence-corrected chi connectivity index (χ0v) is 9.71. The van der Waals surface area contributed by atoms with E-state index in [1.807, 2.05) is 24.3 Å². The SMILES string of the molecule is CC1=C(O)C(=O)NC1c1ccc(Br)cc1. The first-order chi connectivity index (χ1) is 7.09. The molecule has 0 saturated heterocycles. The number of aliphatic hydroxyl groups excluding tert-OH is 1. The van der Waals surface area contributed by atoms with E-state index < -0.39 is 5.91 Å². The molecule has 1 amide bonds. The second-order valence-electron chi connectivity index (χ2n) is 3.49. The summed E-state index contributed by atoms with van der Waals surface area (Å²) in [6.07, 6.45) is 0. The van der Waals surface area contributed by atoms with Gasteiger partial charge < -0.3 is 10.4 Å².